The van der Waals surface area contributed by atoms with Crippen molar-refractivity contribution in [2.24, 2.45) is 0 Å². The fourth-order valence-corrected chi connectivity index (χ4v) is 11.9. The molecule has 0 fully saturated rings. The van der Waals surface area contributed by atoms with Gasteiger partial charge in [0.25, 0.3) is 18.4 Å². The van der Waals surface area contributed by atoms with Crippen LogP contribution in [0.3, 0.4) is 0 Å². The molecule has 0 atom stereocenters. The summed E-state index contributed by atoms with van der Waals surface area (Å²) in [6, 6.07) is 22.5. The van der Waals surface area contributed by atoms with Gasteiger partial charge < -0.3 is 158 Å². The van der Waals surface area contributed by atoms with Crippen molar-refractivity contribution < 1.29 is 210 Å². The molecule has 0 aliphatic rings. The SMILES string of the molecule is C.C.C=C=C.CC(=O)O.CC(=O)O.COCOc1cc(N)c(OCOC)c(CCOC(=O)c2cc(Cl)c(O)cc2O)c1OC.COCOc1cc([N+](=O)[O-])c(OCOC)c(CCOC(=O)c2cc(Cl)c(O)cc2O)c1OC.COc1c(C)cc(NC=O)c(C)c1CCOC(=O)c1cc(Cl)c(O)cc1O.COc1c(O)cc(NC=O)c(O)c1CCOC(=O)c1cc(Cl)c(O)cc1O.O=COc1ccccc1.[B][B][B].[Pd]. The van der Waals surface area contributed by atoms with Crippen molar-refractivity contribution in [3.05, 3.63) is 208 Å². The number of hydrogen-bond donors (Lipinski definition) is 15. The van der Waals surface area contributed by atoms with Gasteiger partial charge in [-0.25, -0.2) is 19.2 Å². The van der Waals surface area contributed by atoms with Gasteiger partial charge in [-0.1, -0.05) is 92.6 Å². The fraction of sp³-hybridized carbons (Fsp3) is 0.283. The Labute approximate surface area is 864 Å². The fourth-order valence-electron chi connectivity index (χ4n) is 11.2. The zero-order chi connectivity index (χ0) is 107. The number of carbonyl (C=O) groups excluding carboxylic acids is 7. The molecule has 0 spiro atoms. The monoisotopic (exact) mass is 2190 g/mol. The zero-order valence-corrected chi connectivity index (χ0v) is 82.4. The van der Waals surface area contributed by atoms with Gasteiger partial charge in [0.2, 0.25) is 18.6 Å². The molecule has 16 N–H and O–H groups in total. The number of rotatable bonds is 39. The number of halogens is 4. The van der Waals surface area contributed by atoms with Crippen LogP contribution in [0, 0.1) is 24.0 Å². The Morgan fingerprint density at radius 2 is 0.764 bits per heavy atom. The minimum atomic E-state index is -0.936. The number of aliphatic carboxylic acids is 2. The number of phenolic OH excluding ortho intramolecular Hbond substituents is 10. The van der Waals surface area contributed by atoms with Crippen LogP contribution >= 0.6 is 46.4 Å². The van der Waals surface area contributed by atoms with Gasteiger partial charge in [-0.05, 0) is 67.4 Å². The number of carbonyl (C=O) groups is 9. The Morgan fingerprint density at radius 1 is 0.451 bits per heavy atom. The Hall–Kier alpha value is -14.8. The first-order chi connectivity index (χ1) is 66.9. The number of aryl methyl sites for hydroxylation is 1. The molecule has 144 heavy (non-hydrogen) atoms. The molecule has 9 rings (SSSR count). The molecular formula is C92H108B3Cl4N4O40Pd. The van der Waals surface area contributed by atoms with E-state index in [1.807, 2.05) is 19.9 Å². The summed E-state index contributed by atoms with van der Waals surface area (Å²) in [6.07, 6.45) is 1.22. The van der Waals surface area contributed by atoms with Gasteiger partial charge in [-0.15, -0.1) is 5.73 Å². The van der Waals surface area contributed by atoms with Gasteiger partial charge in [0, 0.05) is 170 Å². The first-order valence-corrected chi connectivity index (χ1v) is 41.1. The van der Waals surface area contributed by atoms with Crippen molar-refractivity contribution >= 4 is 147 Å². The normalized spacial score (nSPS) is 9.58. The molecule has 9 aromatic rings. The molecule has 44 nitrogen and oxygen atoms in total. The summed E-state index contributed by atoms with van der Waals surface area (Å²) < 4.78 is 87.9. The smallest absolute Gasteiger partial charge is 0.341 e. The van der Waals surface area contributed by atoms with Crippen molar-refractivity contribution in [2.75, 3.05) is 127 Å². The second-order valence-electron chi connectivity index (χ2n) is 26.5. The quantitative estimate of drug-likeness (QED) is 0.00145. The molecule has 52 heteroatoms. The third-order valence-corrected chi connectivity index (χ3v) is 18.1. The van der Waals surface area contributed by atoms with Crippen molar-refractivity contribution in [2.45, 2.75) is 68.2 Å². The Morgan fingerprint density at radius 3 is 1.09 bits per heavy atom. The molecule has 0 aliphatic carbocycles. The number of nitrogens with one attached hydrogen (secondary N) is 2. The average molecular weight is 2190 g/mol. The number of nitrogens with two attached hydrogens (primary N) is 1. The predicted octanol–water partition coefficient (Wildman–Crippen LogP) is 13.7. The second-order valence-corrected chi connectivity index (χ2v) is 28.2. The summed E-state index contributed by atoms with van der Waals surface area (Å²) >= 11 is 23.0. The minimum Gasteiger partial charge on any atom is -0.507 e. The molecule has 2 amide bonds. The van der Waals surface area contributed by atoms with Crippen molar-refractivity contribution in [1.82, 2.24) is 0 Å². The molecule has 0 heterocycles. The van der Waals surface area contributed by atoms with E-state index >= 15 is 0 Å². The van der Waals surface area contributed by atoms with Gasteiger partial charge in [-0.2, -0.15) is 0 Å². The van der Waals surface area contributed by atoms with Crippen LogP contribution < -0.4 is 59.0 Å². The van der Waals surface area contributed by atoms with Gasteiger partial charge in [0.1, 0.15) is 85.5 Å². The van der Waals surface area contributed by atoms with Crippen LogP contribution in [0.4, 0.5) is 22.7 Å². The number of ether oxygens (including phenoxy) is 17. The van der Waals surface area contributed by atoms with E-state index < -0.39 is 80.9 Å². The number of carboxylic acid groups (broad SMARTS) is 2. The Bertz CT molecular complexity index is 5550. The maximum Gasteiger partial charge on any atom is 0.341 e. The molecule has 0 aliphatic heterocycles. The van der Waals surface area contributed by atoms with Gasteiger partial charge in [0.05, 0.1) is 103 Å². The number of para-hydroxylation sites is 1. The number of methoxy groups -OCH3 is 8. The van der Waals surface area contributed by atoms with E-state index in [9.17, 15) is 94.7 Å². The standard InChI is InChI=1S/C20H22ClNO11.C20H24ClNO9.C19H20ClNO6.C17H16ClNO8.C7H6O2.C3H4.2C2H4O2.2CH4.B3.Pd/c1-28-9-32-17-7-14(22(26)27)18(33-10-29-2)11(19(17)30-3)4-5-31-20(25)12-6-13(21)16(24)8-15(12)23;1-26-9-30-17-7-14(22)18(31-10-27-2)11(19(17)28-3)4-5-29-20(25)12-6-13(21)16(24)8-15(12)23;1-10-6-15(21-9-22)11(2)12(18(10)26-3)4-5-27-19(25)13-7-14(20)17(24)8-16(13)23;1-26-16-8(15(24)11(19-7-20)5-14(16)23)2-3-27-17(25)9-4-10(18)13(22)6-12(9)21;8-6-9-7-4-2-1-3-5-7;1-3-2;2*1-2(3)4;;;1-3-2;/h6-8,23-24H,4-5,9-10H2,1-3H3;6-8,23-24H,4-5,9-10,22H2,1-3H3;6-9,23-24H,4-5H2,1-3H3,(H,21,22);4-7,21-24H,2-3H2,1H3,(H,19,20);1-6H;1-2H2;2*1H3,(H,3,4);2*1H4;;. The van der Waals surface area contributed by atoms with Crippen molar-refractivity contribution in [3.8, 4) is 109 Å². The number of benzene rings is 9. The molecule has 0 bridgehead atoms. The summed E-state index contributed by atoms with van der Waals surface area (Å²) in [5.74, 6) is -7.18. The van der Waals surface area contributed by atoms with E-state index in [0.717, 1.165) is 98.3 Å². The molecule has 9 aromatic carbocycles. The molecule has 0 saturated heterocycles. The number of hydrogen-bond acceptors (Lipinski definition) is 39. The average Bonchev–Trinajstić information content (AvgIpc) is 0.793. The summed E-state index contributed by atoms with van der Waals surface area (Å²) in [5, 5.41) is 128. The van der Waals surface area contributed by atoms with E-state index in [1.54, 1.807) is 37.4 Å². The minimum absolute atomic E-state index is 0. The maximum atomic E-state index is 12.4. The number of nitro groups is 1. The number of nitrogens with zero attached hydrogens (tertiary/aromatic N) is 1. The topological polar surface area (TPSA) is 647 Å². The van der Waals surface area contributed by atoms with Crippen LogP contribution in [-0.2, 0) is 108 Å². The first kappa shape index (κ1) is 133. The van der Waals surface area contributed by atoms with E-state index in [0.29, 0.717) is 60.0 Å². The van der Waals surface area contributed by atoms with Gasteiger partial charge >= 0.3 is 29.6 Å². The van der Waals surface area contributed by atoms with E-state index in [2.05, 4.69) is 49.7 Å². The number of carboxylic acids is 2. The number of nitro benzene ring substituents is 1. The maximum absolute atomic E-state index is 12.4. The van der Waals surface area contributed by atoms with Crippen LogP contribution in [0.5, 0.6) is 109 Å². The second kappa shape index (κ2) is 71.6. The number of esters is 4. The van der Waals surface area contributed by atoms with E-state index in [1.165, 1.54) is 55.8 Å². The van der Waals surface area contributed by atoms with Crippen LogP contribution in [0.15, 0.2) is 122 Å². The summed E-state index contributed by atoms with van der Waals surface area (Å²) in [5.41, 5.74) is 11.1. The summed E-state index contributed by atoms with van der Waals surface area (Å²) in [7, 11) is 21.2. The largest absolute Gasteiger partial charge is 0.507 e. The zero-order valence-electron chi connectivity index (χ0n) is 77.8. The van der Waals surface area contributed by atoms with Gasteiger partial charge in [0.15, 0.2) is 67.4 Å². The molecule has 783 valence electrons. The van der Waals surface area contributed by atoms with Gasteiger partial charge in [-0.3, -0.25) is 34.1 Å². The number of aromatic hydroxyl groups is 10. The molecule has 0 saturated carbocycles. The number of amides is 2. The first-order valence-electron chi connectivity index (χ1n) is 39.6. The summed E-state index contributed by atoms with van der Waals surface area (Å²) in [6.45, 7) is 11.2. The van der Waals surface area contributed by atoms with Crippen LogP contribution in [0.25, 0.3) is 0 Å². The summed E-state index contributed by atoms with van der Waals surface area (Å²) in [4.78, 5) is 109. The number of phenols is 10. The van der Waals surface area contributed by atoms with Crippen molar-refractivity contribution in [3.63, 3.8) is 0 Å². The van der Waals surface area contributed by atoms with E-state index in [-0.39, 0.29) is 225 Å². The molecule has 0 unspecified atom stereocenters. The molecule has 5 radical (unpaired) electrons. The van der Waals surface area contributed by atoms with Crippen LogP contribution in [0.1, 0.15) is 104 Å². The number of nitrogen functional groups attached to an aromatic ring is 1. The Balaban J connectivity index is -0.00000170. The van der Waals surface area contributed by atoms with Crippen LogP contribution in [0.2, 0.25) is 20.1 Å². The number of anilines is 3. The predicted molar refractivity (Wildman–Crippen MR) is 526 cm³/mol. The van der Waals surface area contributed by atoms with Crippen LogP contribution in [-0.4, -0.2) is 254 Å². The Kier molecular flexibility index (Phi) is 66.3. The molecule has 0 aromatic heterocycles. The third-order valence-electron chi connectivity index (χ3n) is 16.9. The van der Waals surface area contributed by atoms with Crippen molar-refractivity contribution in [1.29, 1.82) is 0 Å². The van der Waals surface area contributed by atoms with E-state index in [4.69, 9.17) is 148 Å². The molecular weight excluding hydrogens is 2080 g/mol. The third kappa shape index (κ3) is 44.1.